The molecule has 0 aliphatic carbocycles. The zero-order chi connectivity index (χ0) is 16.8. The minimum atomic E-state index is -0.274. The van der Waals surface area contributed by atoms with Gasteiger partial charge in [0.15, 0.2) is 0 Å². The predicted molar refractivity (Wildman–Crippen MR) is 91.7 cm³/mol. The van der Waals surface area contributed by atoms with E-state index >= 15 is 0 Å². The topological polar surface area (TPSA) is 55.0 Å². The van der Waals surface area contributed by atoms with Crippen LogP contribution >= 0.6 is 0 Å². The molecule has 0 atom stereocenters. The summed E-state index contributed by atoms with van der Waals surface area (Å²) in [7, 11) is 0. The van der Waals surface area contributed by atoms with Gasteiger partial charge in [-0.05, 0) is 35.4 Å². The van der Waals surface area contributed by atoms with E-state index in [9.17, 15) is 4.79 Å². The molecule has 4 heteroatoms. The average Bonchev–Trinajstić information content (AvgIpc) is 2.64. The molecular weight excluding hydrogens is 300 g/mol. The van der Waals surface area contributed by atoms with Crippen molar-refractivity contribution in [3.05, 3.63) is 100.0 Å². The molecule has 0 spiro atoms. The molecule has 24 heavy (non-hydrogen) atoms. The molecule has 0 saturated carbocycles. The van der Waals surface area contributed by atoms with Crippen molar-refractivity contribution in [1.82, 2.24) is 4.57 Å². The van der Waals surface area contributed by atoms with E-state index in [2.05, 4.69) is 0 Å². The molecule has 0 unspecified atom stereocenters. The van der Waals surface area contributed by atoms with Crippen LogP contribution < -0.4 is 10.3 Å². The quantitative estimate of drug-likeness (QED) is 0.725. The Morgan fingerprint density at radius 2 is 1.67 bits per heavy atom. The van der Waals surface area contributed by atoms with Crippen LogP contribution in [0.25, 0.3) is 0 Å². The summed E-state index contributed by atoms with van der Waals surface area (Å²) in [6.07, 6.45) is 1.68. The van der Waals surface area contributed by atoms with Gasteiger partial charge in [-0.3, -0.25) is 4.79 Å². The molecule has 1 heterocycles. The molecule has 0 saturated heterocycles. The highest BCUT2D eigenvalue weighted by atomic mass is 16.5. The molecule has 0 aliphatic heterocycles. The summed E-state index contributed by atoms with van der Waals surface area (Å²) in [6.45, 7) is 0.942. The van der Waals surface area contributed by atoms with E-state index < -0.39 is 0 Å². The minimum absolute atomic E-state index is 0.153. The van der Waals surface area contributed by atoms with Gasteiger partial charge in [0.25, 0.3) is 5.56 Å². The lowest BCUT2D eigenvalue weighted by atomic mass is 10.2. The van der Waals surface area contributed by atoms with Gasteiger partial charge in [-0.25, -0.2) is 0 Å². The van der Waals surface area contributed by atoms with Crippen molar-refractivity contribution in [2.75, 3.05) is 0 Å². The fourth-order valence-electron chi connectivity index (χ4n) is 2.38. The Hall–Kier alpha value is -3.32. The third-order valence-corrected chi connectivity index (χ3v) is 3.67. The number of benzene rings is 2. The third kappa shape index (κ3) is 3.71. The van der Waals surface area contributed by atoms with E-state index in [4.69, 9.17) is 10.00 Å². The van der Waals surface area contributed by atoms with Crippen LogP contribution in [0, 0.1) is 11.3 Å². The maximum absolute atomic E-state index is 12.0. The Bertz CT molecular complexity index is 907. The Morgan fingerprint density at radius 1 is 0.917 bits per heavy atom. The number of rotatable bonds is 5. The Balaban J connectivity index is 1.67. The maximum Gasteiger partial charge on any atom is 0.268 e. The first-order valence-corrected chi connectivity index (χ1v) is 7.61. The molecule has 0 N–H and O–H groups in total. The predicted octanol–water partition coefficient (Wildman–Crippen LogP) is 3.35. The lowest BCUT2D eigenvalue weighted by Gasteiger charge is -2.09. The summed E-state index contributed by atoms with van der Waals surface area (Å²) in [5.41, 5.74) is 1.96. The second kappa shape index (κ2) is 7.30. The zero-order valence-corrected chi connectivity index (χ0v) is 13.1. The van der Waals surface area contributed by atoms with E-state index in [-0.39, 0.29) is 11.1 Å². The summed E-state index contributed by atoms with van der Waals surface area (Å²) in [4.78, 5) is 12.0. The lowest BCUT2D eigenvalue weighted by molar-refractivity contribution is 0.306. The summed E-state index contributed by atoms with van der Waals surface area (Å²) in [5.74, 6) is 0.778. The van der Waals surface area contributed by atoms with Crippen molar-refractivity contribution in [3.63, 3.8) is 0 Å². The summed E-state index contributed by atoms with van der Waals surface area (Å²) < 4.78 is 7.27. The number of ether oxygens (including phenoxy) is 1. The molecule has 3 rings (SSSR count). The first kappa shape index (κ1) is 15.6. The van der Waals surface area contributed by atoms with Crippen molar-refractivity contribution < 1.29 is 4.74 Å². The second-order valence-electron chi connectivity index (χ2n) is 5.38. The average molecular weight is 316 g/mol. The van der Waals surface area contributed by atoms with Crippen LogP contribution in [0.3, 0.4) is 0 Å². The van der Waals surface area contributed by atoms with E-state index in [1.807, 2.05) is 60.7 Å². The van der Waals surface area contributed by atoms with Crippen molar-refractivity contribution in [2.45, 2.75) is 13.2 Å². The highest BCUT2D eigenvalue weighted by Gasteiger charge is 2.03. The first-order valence-electron chi connectivity index (χ1n) is 7.61. The molecule has 0 amide bonds. The largest absolute Gasteiger partial charge is 0.489 e. The standard InChI is InChI=1S/C20H16N2O2/c21-13-18-7-4-12-22(20(18)23)14-16-8-10-19(11-9-16)24-15-17-5-2-1-3-6-17/h1-12H,14-15H2. The highest BCUT2D eigenvalue weighted by molar-refractivity contribution is 5.29. The number of aromatic nitrogens is 1. The number of pyridine rings is 1. The van der Waals surface area contributed by atoms with Crippen LogP contribution in [-0.4, -0.2) is 4.57 Å². The molecule has 118 valence electrons. The SMILES string of the molecule is N#Cc1cccn(Cc2ccc(OCc3ccccc3)cc2)c1=O. The highest BCUT2D eigenvalue weighted by Crippen LogP contribution is 2.14. The van der Waals surface area contributed by atoms with Gasteiger partial charge in [-0.15, -0.1) is 0 Å². The summed E-state index contributed by atoms with van der Waals surface area (Å²) >= 11 is 0. The van der Waals surface area contributed by atoms with Crippen LogP contribution in [0.15, 0.2) is 77.7 Å². The van der Waals surface area contributed by atoms with Gasteiger partial charge < -0.3 is 9.30 Å². The first-order chi connectivity index (χ1) is 11.8. The number of hydrogen-bond donors (Lipinski definition) is 0. The van der Waals surface area contributed by atoms with Gasteiger partial charge in [-0.2, -0.15) is 5.26 Å². The van der Waals surface area contributed by atoms with Gasteiger partial charge in [-0.1, -0.05) is 42.5 Å². The molecule has 0 aliphatic rings. The molecular formula is C20H16N2O2. The molecule has 0 radical (unpaired) electrons. The molecule has 4 nitrogen and oxygen atoms in total. The number of hydrogen-bond acceptors (Lipinski definition) is 3. The van der Waals surface area contributed by atoms with Crippen molar-refractivity contribution >= 4 is 0 Å². The Kier molecular flexibility index (Phi) is 4.73. The Labute approximate surface area is 140 Å². The minimum Gasteiger partial charge on any atom is -0.489 e. The molecule has 3 aromatic rings. The molecule has 2 aromatic carbocycles. The number of nitrogens with zero attached hydrogens (tertiary/aromatic N) is 2. The number of nitriles is 1. The molecule has 0 fully saturated rings. The molecule has 0 bridgehead atoms. The van der Waals surface area contributed by atoms with Crippen LogP contribution in [0.2, 0.25) is 0 Å². The van der Waals surface area contributed by atoms with Gasteiger partial charge in [0.1, 0.15) is 24.0 Å². The van der Waals surface area contributed by atoms with E-state index in [1.165, 1.54) is 10.6 Å². The summed E-state index contributed by atoms with van der Waals surface area (Å²) in [6, 6.07) is 22.7. The van der Waals surface area contributed by atoms with Gasteiger partial charge in [0.05, 0.1) is 6.54 Å². The normalized spacial score (nSPS) is 10.1. The van der Waals surface area contributed by atoms with Crippen molar-refractivity contribution in [2.24, 2.45) is 0 Å². The van der Waals surface area contributed by atoms with Crippen molar-refractivity contribution in [1.29, 1.82) is 5.26 Å². The monoisotopic (exact) mass is 316 g/mol. The van der Waals surface area contributed by atoms with E-state index in [0.717, 1.165) is 16.9 Å². The zero-order valence-electron chi connectivity index (χ0n) is 13.1. The smallest absolute Gasteiger partial charge is 0.268 e. The third-order valence-electron chi connectivity index (χ3n) is 3.67. The Morgan fingerprint density at radius 3 is 2.38 bits per heavy atom. The van der Waals surface area contributed by atoms with Crippen LogP contribution in [0.1, 0.15) is 16.7 Å². The van der Waals surface area contributed by atoms with E-state index in [0.29, 0.717) is 13.2 Å². The van der Waals surface area contributed by atoms with Crippen LogP contribution in [0.4, 0.5) is 0 Å². The maximum atomic E-state index is 12.0. The van der Waals surface area contributed by atoms with Gasteiger partial charge in [0.2, 0.25) is 0 Å². The van der Waals surface area contributed by atoms with Crippen molar-refractivity contribution in [3.8, 4) is 11.8 Å². The van der Waals surface area contributed by atoms with Crippen LogP contribution in [-0.2, 0) is 13.2 Å². The lowest BCUT2D eigenvalue weighted by Crippen LogP contribution is -2.22. The molecule has 1 aromatic heterocycles. The van der Waals surface area contributed by atoms with Crippen LogP contribution in [0.5, 0.6) is 5.75 Å². The fourth-order valence-corrected chi connectivity index (χ4v) is 2.38. The van der Waals surface area contributed by atoms with Gasteiger partial charge in [0, 0.05) is 6.20 Å². The summed E-state index contributed by atoms with van der Waals surface area (Å²) in [5, 5.41) is 8.92. The fraction of sp³-hybridized carbons (Fsp3) is 0.100. The second-order valence-corrected chi connectivity index (χ2v) is 5.38. The van der Waals surface area contributed by atoms with E-state index in [1.54, 1.807) is 12.3 Å². The van der Waals surface area contributed by atoms with Gasteiger partial charge >= 0.3 is 0 Å².